The number of carbonyl (C=O) groups excluding carboxylic acids is 2. The van der Waals surface area contributed by atoms with E-state index >= 15 is 0 Å². The van der Waals surface area contributed by atoms with Crippen molar-refractivity contribution in [1.29, 1.82) is 0 Å². The van der Waals surface area contributed by atoms with Crippen LogP contribution in [0, 0.1) is 6.92 Å². The fourth-order valence-corrected chi connectivity index (χ4v) is 3.37. The third-order valence-corrected chi connectivity index (χ3v) is 4.66. The number of pyridine rings is 1. The Labute approximate surface area is 141 Å². The van der Waals surface area contributed by atoms with E-state index in [2.05, 4.69) is 35.4 Å². The maximum atomic E-state index is 12.7. The second kappa shape index (κ2) is 6.43. The molecule has 1 aliphatic carbocycles. The summed E-state index contributed by atoms with van der Waals surface area (Å²) < 4.78 is 0. The maximum Gasteiger partial charge on any atom is 0.267 e. The van der Waals surface area contributed by atoms with Crippen LogP contribution < -0.4 is 11.1 Å². The van der Waals surface area contributed by atoms with E-state index in [9.17, 15) is 9.59 Å². The Morgan fingerprint density at radius 1 is 1.17 bits per heavy atom. The van der Waals surface area contributed by atoms with Crippen molar-refractivity contribution in [2.24, 2.45) is 5.73 Å². The van der Waals surface area contributed by atoms with Crippen LogP contribution in [0.5, 0.6) is 0 Å². The summed E-state index contributed by atoms with van der Waals surface area (Å²) in [4.78, 5) is 27.7. The van der Waals surface area contributed by atoms with E-state index in [0.29, 0.717) is 5.56 Å². The van der Waals surface area contributed by atoms with Crippen LogP contribution in [0.3, 0.4) is 0 Å². The van der Waals surface area contributed by atoms with Crippen LogP contribution in [-0.4, -0.2) is 16.8 Å². The van der Waals surface area contributed by atoms with Gasteiger partial charge in [0.25, 0.3) is 11.8 Å². The molecule has 124 valence electrons. The topological polar surface area (TPSA) is 85.1 Å². The molecule has 1 heterocycles. The van der Waals surface area contributed by atoms with Crippen molar-refractivity contribution in [3.63, 3.8) is 0 Å². The Kier molecular flexibility index (Phi) is 4.34. The first kappa shape index (κ1) is 16.2. The summed E-state index contributed by atoms with van der Waals surface area (Å²) in [6.45, 7) is 2.06. The van der Waals surface area contributed by atoms with Gasteiger partial charge in [-0.1, -0.05) is 42.7 Å². The highest BCUT2D eigenvalue weighted by Crippen LogP contribution is 2.39. The van der Waals surface area contributed by atoms with Crippen LogP contribution in [0.15, 0.2) is 42.6 Å². The molecule has 2 aromatic rings. The lowest BCUT2D eigenvalue weighted by atomic mass is 9.87. The first-order valence-corrected chi connectivity index (χ1v) is 8.16. The third kappa shape index (κ3) is 3.15. The normalized spacial score (nSPS) is 15.9. The number of hydrogen-bond acceptors (Lipinski definition) is 3. The van der Waals surface area contributed by atoms with Gasteiger partial charge in [0.05, 0.1) is 11.1 Å². The van der Waals surface area contributed by atoms with Crippen molar-refractivity contribution < 1.29 is 9.59 Å². The van der Waals surface area contributed by atoms with Crippen LogP contribution in [-0.2, 0) is 5.54 Å². The molecule has 0 aliphatic heterocycles. The molecule has 3 rings (SSSR count). The standard InChI is InChI=1S/C19H21N3O2/c1-13-5-4-6-15(11-13)19(9-2-3-10-19)22-18(24)14-7-8-16(17(20)23)21-12-14/h4-8,11-12H,2-3,9-10H2,1H3,(H2,20,23)(H,22,24). The molecule has 1 aromatic heterocycles. The average molecular weight is 323 g/mol. The Bertz CT molecular complexity index is 762. The number of nitrogens with zero attached hydrogens (tertiary/aromatic N) is 1. The van der Waals surface area contributed by atoms with Crippen LogP contribution >= 0.6 is 0 Å². The number of benzene rings is 1. The quantitative estimate of drug-likeness (QED) is 0.907. The Morgan fingerprint density at radius 2 is 1.92 bits per heavy atom. The molecule has 0 bridgehead atoms. The minimum absolute atomic E-state index is 0.154. The number of nitrogens with one attached hydrogen (secondary N) is 1. The highest BCUT2D eigenvalue weighted by Gasteiger charge is 2.37. The van der Waals surface area contributed by atoms with Crippen molar-refractivity contribution in [2.45, 2.75) is 38.1 Å². The summed E-state index contributed by atoms with van der Waals surface area (Å²) in [5, 5.41) is 3.21. The molecule has 0 atom stereocenters. The van der Waals surface area contributed by atoms with E-state index < -0.39 is 5.91 Å². The highest BCUT2D eigenvalue weighted by atomic mass is 16.2. The highest BCUT2D eigenvalue weighted by molar-refractivity contribution is 5.96. The number of nitrogens with two attached hydrogens (primary N) is 1. The van der Waals surface area contributed by atoms with Crippen molar-refractivity contribution in [3.05, 3.63) is 65.0 Å². The molecular weight excluding hydrogens is 302 g/mol. The Balaban J connectivity index is 1.85. The third-order valence-electron chi connectivity index (χ3n) is 4.66. The molecule has 1 fully saturated rings. The van der Waals surface area contributed by atoms with E-state index in [1.54, 1.807) is 6.07 Å². The lowest BCUT2D eigenvalue weighted by Crippen LogP contribution is -2.43. The zero-order valence-corrected chi connectivity index (χ0v) is 13.7. The Morgan fingerprint density at radius 3 is 2.50 bits per heavy atom. The number of rotatable bonds is 4. The molecule has 5 heteroatoms. The van der Waals surface area contributed by atoms with Gasteiger partial charge in [-0.05, 0) is 37.5 Å². The molecule has 1 saturated carbocycles. The molecule has 2 amide bonds. The van der Waals surface area contributed by atoms with Crippen LogP contribution in [0.4, 0.5) is 0 Å². The minimum atomic E-state index is -0.603. The van der Waals surface area contributed by atoms with E-state index in [4.69, 9.17) is 5.73 Å². The van der Waals surface area contributed by atoms with Crippen molar-refractivity contribution in [3.8, 4) is 0 Å². The van der Waals surface area contributed by atoms with E-state index in [0.717, 1.165) is 31.2 Å². The van der Waals surface area contributed by atoms with Gasteiger partial charge in [0.15, 0.2) is 0 Å². The lowest BCUT2D eigenvalue weighted by Gasteiger charge is -2.31. The molecule has 0 radical (unpaired) electrons. The zero-order chi connectivity index (χ0) is 17.2. The Hall–Kier alpha value is -2.69. The fourth-order valence-electron chi connectivity index (χ4n) is 3.37. The number of aromatic nitrogens is 1. The van der Waals surface area contributed by atoms with E-state index in [-0.39, 0.29) is 17.1 Å². The number of primary amides is 1. The second-order valence-corrected chi connectivity index (χ2v) is 6.41. The summed E-state index contributed by atoms with van der Waals surface area (Å²) in [5.74, 6) is -0.782. The fraction of sp³-hybridized carbons (Fsp3) is 0.316. The first-order chi connectivity index (χ1) is 11.5. The van der Waals surface area contributed by atoms with Crippen LogP contribution in [0.1, 0.15) is 57.7 Å². The molecular formula is C19H21N3O2. The van der Waals surface area contributed by atoms with E-state index in [1.807, 2.05) is 6.07 Å². The zero-order valence-electron chi connectivity index (χ0n) is 13.7. The number of aryl methyl sites for hydroxylation is 1. The number of hydrogen-bond donors (Lipinski definition) is 2. The molecule has 1 aromatic carbocycles. The molecule has 0 unspecified atom stereocenters. The molecule has 24 heavy (non-hydrogen) atoms. The van der Waals surface area contributed by atoms with Gasteiger partial charge in [0.2, 0.25) is 0 Å². The molecule has 1 aliphatic rings. The largest absolute Gasteiger partial charge is 0.364 e. The van der Waals surface area contributed by atoms with Crippen molar-refractivity contribution in [2.75, 3.05) is 0 Å². The monoisotopic (exact) mass is 323 g/mol. The molecule has 0 spiro atoms. The van der Waals surface area contributed by atoms with Crippen molar-refractivity contribution >= 4 is 11.8 Å². The number of amides is 2. The maximum absolute atomic E-state index is 12.7. The van der Waals surface area contributed by atoms with Gasteiger partial charge in [0.1, 0.15) is 5.69 Å². The summed E-state index contributed by atoms with van der Waals surface area (Å²) in [7, 11) is 0. The summed E-state index contributed by atoms with van der Waals surface area (Å²) in [6, 6.07) is 11.4. The van der Waals surface area contributed by atoms with E-state index in [1.165, 1.54) is 17.8 Å². The van der Waals surface area contributed by atoms with Gasteiger partial charge in [-0.3, -0.25) is 14.6 Å². The van der Waals surface area contributed by atoms with Gasteiger partial charge in [0, 0.05) is 6.20 Å². The van der Waals surface area contributed by atoms with Gasteiger partial charge >= 0.3 is 0 Å². The van der Waals surface area contributed by atoms with Gasteiger partial charge < -0.3 is 11.1 Å². The number of carbonyl (C=O) groups is 2. The predicted molar refractivity (Wildman–Crippen MR) is 91.5 cm³/mol. The van der Waals surface area contributed by atoms with Gasteiger partial charge in [-0.2, -0.15) is 0 Å². The van der Waals surface area contributed by atoms with Gasteiger partial charge in [-0.15, -0.1) is 0 Å². The molecule has 3 N–H and O–H groups in total. The predicted octanol–water partition coefficient (Wildman–Crippen LogP) is 2.69. The molecule has 0 saturated heterocycles. The summed E-state index contributed by atoms with van der Waals surface area (Å²) in [5.41, 5.74) is 7.77. The van der Waals surface area contributed by atoms with Crippen LogP contribution in [0.2, 0.25) is 0 Å². The minimum Gasteiger partial charge on any atom is -0.364 e. The van der Waals surface area contributed by atoms with Gasteiger partial charge in [-0.25, -0.2) is 0 Å². The van der Waals surface area contributed by atoms with Crippen LogP contribution in [0.25, 0.3) is 0 Å². The van der Waals surface area contributed by atoms with Crippen molar-refractivity contribution in [1.82, 2.24) is 10.3 Å². The second-order valence-electron chi connectivity index (χ2n) is 6.41. The first-order valence-electron chi connectivity index (χ1n) is 8.16. The lowest BCUT2D eigenvalue weighted by molar-refractivity contribution is 0.0896. The average Bonchev–Trinajstić information content (AvgIpc) is 3.04. The smallest absolute Gasteiger partial charge is 0.267 e. The summed E-state index contributed by atoms with van der Waals surface area (Å²) in [6.07, 6.45) is 5.43. The summed E-state index contributed by atoms with van der Waals surface area (Å²) >= 11 is 0. The molecule has 5 nitrogen and oxygen atoms in total. The SMILES string of the molecule is Cc1cccc(C2(NC(=O)c3ccc(C(N)=O)nc3)CCCC2)c1.